The van der Waals surface area contributed by atoms with E-state index < -0.39 is 11.7 Å². The minimum Gasteiger partial charge on any atom is -0.494 e. The summed E-state index contributed by atoms with van der Waals surface area (Å²) < 4.78 is 43.7. The van der Waals surface area contributed by atoms with E-state index in [-0.39, 0.29) is 0 Å². The predicted octanol–water partition coefficient (Wildman–Crippen LogP) is 6.70. The van der Waals surface area contributed by atoms with Gasteiger partial charge in [0.25, 0.3) is 0 Å². The highest BCUT2D eigenvalue weighted by Crippen LogP contribution is 2.32. The maximum absolute atomic E-state index is 12.7. The third kappa shape index (κ3) is 4.13. The molecular formula is C21H19F3O. The van der Waals surface area contributed by atoms with Crippen molar-refractivity contribution in [3.05, 3.63) is 66.2 Å². The van der Waals surface area contributed by atoms with E-state index in [1.165, 1.54) is 12.1 Å². The van der Waals surface area contributed by atoms with Gasteiger partial charge in [-0.3, -0.25) is 0 Å². The van der Waals surface area contributed by atoms with Gasteiger partial charge >= 0.3 is 6.18 Å². The van der Waals surface area contributed by atoms with Crippen molar-refractivity contribution in [1.29, 1.82) is 0 Å². The van der Waals surface area contributed by atoms with Crippen LogP contribution in [0.4, 0.5) is 13.2 Å². The fraction of sp³-hybridized carbons (Fsp3) is 0.238. The molecule has 0 bridgehead atoms. The average Bonchev–Trinajstić information content (AvgIpc) is 2.61. The van der Waals surface area contributed by atoms with Gasteiger partial charge in [0.05, 0.1) is 12.2 Å². The van der Waals surface area contributed by atoms with Crippen LogP contribution in [0.1, 0.15) is 25.3 Å². The van der Waals surface area contributed by atoms with E-state index >= 15 is 0 Å². The van der Waals surface area contributed by atoms with Crippen molar-refractivity contribution in [2.24, 2.45) is 0 Å². The van der Waals surface area contributed by atoms with E-state index in [4.69, 9.17) is 4.74 Å². The Morgan fingerprint density at radius 1 is 0.800 bits per heavy atom. The number of halogens is 3. The molecule has 0 aliphatic rings. The third-order valence-electron chi connectivity index (χ3n) is 4.12. The Balaban J connectivity index is 1.84. The fourth-order valence-corrected chi connectivity index (χ4v) is 2.68. The van der Waals surface area contributed by atoms with Gasteiger partial charge in [0, 0.05) is 0 Å². The molecule has 130 valence electrons. The van der Waals surface area contributed by atoms with E-state index in [1.54, 1.807) is 0 Å². The molecule has 1 nitrogen and oxygen atoms in total. The maximum atomic E-state index is 12.7. The van der Waals surface area contributed by atoms with Crippen LogP contribution in [-0.2, 0) is 6.18 Å². The minimum atomic E-state index is -4.31. The number of ether oxygens (including phenoxy) is 1. The number of benzene rings is 3. The summed E-state index contributed by atoms with van der Waals surface area (Å²) in [5.41, 5.74) is 1.02. The van der Waals surface area contributed by atoms with E-state index in [9.17, 15) is 13.2 Å². The Morgan fingerprint density at radius 3 is 2.12 bits per heavy atom. The molecule has 3 rings (SSSR count). The molecule has 0 aliphatic heterocycles. The van der Waals surface area contributed by atoms with Crippen molar-refractivity contribution in [2.75, 3.05) is 6.61 Å². The molecule has 0 fully saturated rings. The van der Waals surface area contributed by atoms with Crippen molar-refractivity contribution < 1.29 is 17.9 Å². The zero-order valence-electron chi connectivity index (χ0n) is 13.9. The summed E-state index contributed by atoms with van der Waals surface area (Å²) in [5.74, 6) is 0.836. The van der Waals surface area contributed by atoms with Crippen LogP contribution in [0.15, 0.2) is 60.7 Å². The third-order valence-corrected chi connectivity index (χ3v) is 4.12. The molecule has 0 saturated carbocycles. The second-order valence-electron chi connectivity index (χ2n) is 6.00. The molecule has 4 heteroatoms. The van der Waals surface area contributed by atoms with Crippen LogP contribution in [0, 0.1) is 0 Å². The quantitative estimate of drug-likeness (QED) is 0.468. The van der Waals surface area contributed by atoms with Gasteiger partial charge in [-0.1, -0.05) is 43.7 Å². The molecular weight excluding hydrogens is 325 g/mol. The van der Waals surface area contributed by atoms with E-state index in [2.05, 4.69) is 6.92 Å². The molecule has 0 saturated heterocycles. The SMILES string of the molecule is CCCCOc1ccc2cc(-c3ccc(C(F)(F)F)cc3)ccc2c1. The van der Waals surface area contributed by atoms with Crippen molar-refractivity contribution in [3.8, 4) is 16.9 Å². The first kappa shape index (κ1) is 17.3. The molecule has 0 aliphatic carbocycles. The maximum Gasteiger partial charge on any atom is 0.416 e. The Bertz CT molecular complexity index is 851. The van der Waals surface area contributed by atoms with Gasteiger partial charge in [0.2, 0.25) is 0 Å². The average molecular weight is 344 g/mol. The molecule has 25 heavy (non-hydrogen) atoms. The standard InChI is InChI=1S/C21H19F3O/c1-2-3-12-25-20-11-8-17-13-16(4-5-18(17)14-20)15-6-9-19(10-7-15)21(22,23)24/h4-11,13-14H,2-3,12H2,1H3. The highest BCUT2D eigenvalue weighted by Gasteiger charge is 2.29. The lowest BCUT2D eigenvalue weighted by Crippen LogP contribution is -2.03. The Hall–Kier alpha value is -2.49. The van der Waals surface area contributed by atoms with Gasteiger partial charge < -0.3 is 4.74 Å². The number of hydrogen-bond acceptors (Lipinski definition) is 1. The van der Waals surface area contributed by atoms with Crippen molar-refractivity contribution in [2.45, 2.75) is 25.9 Å². The van der Waals surface area contributed by atoms with Crippen LogP contribution in [0.5, 0.6) is 5.75 Å². The first-order valence-electron chi connectivity index (χ1n) is 8.31. The zero-order chi connectivity index (χ0) is 17.9. The molecule has 0 unspecified atom stereocenters. The molecule has 0 N–H and O–H groups in total. The second kappa shape index (κ2) is 7.18. The van der Waals surface area contributed by atoms with Crippen LogP contribution in [-0.4, -0.2) is 6.61 Å². The number of unbranched alkanes of at least 4 members (excludes halogenated alkanes) is 1. The fourth-order valence-electron chi connectivity index (χ4n) is 2.68. The number of hydrogen-bond donors (Lipinski definition) is 0. The van der Waals surface area contributed by atoms with Crippen LogP contribution in [0.25, 0.3) is 21.9 Å². The minimum absolute atomic E-state index is 0.633. The summed E-state index contributed by atoms with van der Waals surface area (Å²) in [5, 5.41) is 2.07. The smallest absolute Gasteiger partial charge is 0.416 e. The Morgan fingerprint density at radius 2 is 1.44 bits per heavy atom. The lowest BCUT2D eigenvalue weighted by atomic mass is 10.00. The Labute approximate surface area is 145 Å². The molecule has 0 spiro atoms. The molecule has 3 aromatic rings. The van der Waals surface area contributed by atoms with Crippen LogP contribution < -0.4 is 4.74 Å². The Kier molecular flexibility index (Phi) is 4.98. The molecule has 0 amide bonds. The highest BCUT2D eigenvalue weighted by atomic mass is 19.4. The van der Waals surface area contributed by atoms with Crippen molar-refractivity contribution >= 4 is 10.8 Å². The number of alkyl halides is 3. The normalized spacial score (nSPS) is 11.7. The first-order chi connectivity index (χ1) is 12.0. The summed E-state index contributed by atoms with van der Waals surface area (Å²) in [7, 11) is 0. The first-order valence-corrected chi connectivity index (χ1v) is 8.31. The molecule has 0 heterocycles. The van der Waals surface area contributed by atoms with Gasteiger partial charge in [-0.15, -0.1) is 0 Å². The van der Waals surface area contributed by atoms with Crippen molar-refractivity contribution in [1.82, 2.24) is 0 Å². The van der Waals surface area contributed by atoms with Crippen molar-refractivity contribution in [3.63, 3.8) is 0 Å². The zero-order valence-corrected chi connectivity index (χ0v) is 13.9. The largest absolute Gasteiger partial charge is 0.494 e. The van der Waals surface area contributed by atoms with E-state index in [0.29, 0.717) is 6.61 Å². The predicted molar refractivity (Wildman–Crippen MR) is 94.8 cm³/mol. The molecule has 3 aromatic carbocycles. The second-order valence-corrected chi connectivity index (χ2v) is 6.00. The summed E-state index contributed by atoms with van der Waals surface area (Å²) in [6.45, 7) is 2.82. The number of fused-ring (bicyclic) bond motifs is 1. The molecule has 0 atom stereocenters. The summed E-state index contributed by atoms with van der Waals surface area (Å²) >= 11 is 0. The summed E-state index contributed by atoms with van der Waals surface area (Å²) in [4.78, 5) is 0. The van der Waals surface area contributed by atoms with E-state index in [1.807, 2.05) is 36.4 Å². The van der Waals surface area contributed by atoms with E-state index in [0.717, 1.165) is 52.6 Å². The van der Waals surface area contributed by atoms with Gasteiger partial charge in [-0.05, 0) is 58.7 Å². The topological polar surface area (TPSA) is 9.23 Å². The lowest BCUT2D eigenvalue weighted by Gasteiger charge is -2.10. The van der Waals surface area contributed by atoms with Gasteiger partial charge in [-0.2, -0.15) is 13.2 Å². The van der Waals surface area contributed by atoms with Crippen LogP contribution in [0.3, 0.4) is 0 Å². The van der Waals surface area contributed by atoms with Crippen LogP contribution >= 0.6 is 0 Å². The lowest BCUT2D eigenvalue weighted by molar-refractivity contribution is -0.137. The summed E-state index contributed by atoms with van der Waals surface area (Å²) in [6, 6.07) is 17.0. The van der Waals surface area contributed by atoms with Gasteiger partial charge in [0.1, 0.15) is 5.75 Å². The van der Waals surface area contributed by atoms with Crippen LogP contribution in [0.2, 0.25) is 0 Å². The summed E-state index contributed by atoms with van der Waals surface area (Å²) in [6.07, 6.45) is -2.20. The van der Waals surface area contributed by atoms with Gasteiger partial charge in [-0.25, -0.2) is 0 Å². The van der Waals surface area contributed by atoms with Gasteiger partial charge in [0.15, 0.2) is 0 Å². The highest BCUT2D eigenvalue weighted by molar-refractivity contribution is 5.88. The molecule has 0 aromatic heterocycles. The monoisotopic (exact) mass is 344 g/mol. The molecule has 0 radical (unpaired) electrons. The number of rotatable bonds is 5.